The van der Waals surface area contributed by atoms with Crippen molar-refractivity contribution in [2.24, 2.45) is 17.8 Å². The summed E-state index contributed by atoms with van der Waals surface area (Å²) in [6.07, 6.45) is 7.43. The Labute approximate surface area is 117 Å². The Morgan fingerprint density at radius 1 is 1.16 bits per heavy atom. The van der Waals surface area contributed by atoms with Crippen LogP contribution in [0.5, 0.6) is 0 Å². The van der Waals surface area contributed by atoms with Gasteiger partial charge in [-0.15, -0.1) is 0 Å². The number of amides is 1. The van der Waals surface area contributed by atoms with Crippen molar-refractivity contribution in [1.29, 1.82) is 0 Å². The van der Waals surface area contributed by atoms with Crippen molar-refractivity contribution in [3.8, 4) is 0 Å². The Kier molecular flexibility index (Phi) is 3.68. The van der Waals surface area contributed by atoms with Crippen LogP contribution in [0, 0.1) is 17.8 Å². The number of carbonyl (C=O) groups excluding carboxylic acids is 1. The van der Waals surface area contributed by atoms with Crippen LogP contribution in [-0.2, 0) is 4.79 Å². The first-order valence-electron chi connectivity index (χ1n) is 7.83. The average molecular weight is 260 g/mol. The number of rotatable bonds is 1. The van der Waals surface area contributed by atoms with Gasteiger partial charge in [0, 0.05) is 0 Å². The summed E-state index contributed by atoms with van der Waals surface area (Å²) in [5.74, 6) is 2.43. The summed E-state index contributed by atoms with van der Waals surface area (Å²) in [4.78, 5) is 16.8. The van der Waals surface area contributed by atoms with Crippen LogP contribution in [0.4, 0.5) is 0 Å². The standard InChI is InChI=1S/C15H25BN2O/c1-16-18-9-13-12-7-5-3-4-6-11(12)8-15(19)17(2)14(13)10-18/h11-14H,1,3-10H2,2H3. The Morgan fingerprint density at radius 2 is 1.95 bits per heavy atom. The van der Waals surface area contributed by atoms with Gasteiger partial charge in [-0.2, -0.15) is 0 Å². The number of carbonyl (C=O) groups is 1. The molecular weight excluding hydrogens is 235 g/mol. The van der Waals surface area contributed by atoms with Crippen molar-refractivity contribution in [2.75, 3.05) is 20.1 Å². The average Bonchev–Trinajstić information content (AvgIpc) is 2.67. The Bertz CT molecular complexity index is 373. The van der Waals surface area contributed by atoms with Crippen LogP contribution in [-0.4, -0.2) is 55.3 Å². The van der Waals surface area contributed by atoms with Crippen molar-refractivity contribution in [3.05, 3.63) is 0 Å². The van der Waals surface area contributed by atoms with Gasteiger partial charge in [-0.3, -0.25) is 0 Å². The Morgan fingerprint density at radius 3 is 2.74 bits per heavy atom. The molecule has 2 saturated heterocycles. The topological polar surface area (TPSA) is 23.6 Å². The first kappa shape index (κ1) is 13.2. The van der Waals surface area contributed by atoms with E-state index >= 15 is 0 Å². The molecule has 3 fully saturated rings. The Balaban J connectivity index is 1.89. The molecule has 4 heteroatoms. The van der Waals surface area contributed by atoms with Crippen molar-refractivity contribution in [3.63, 3.8) is 0 Å². The van der Waals surface area contributed by atoms with E-state index in [0.29, 0.717) is 23.8 Å². The zero-order chi connectivity index (χ0) is 13.4. The van der Waals surface area contributed by atoms with Crippen molar-refractivity contribution in [1.82, 2.24) is 9.71 Å². The van der Waals surface area contributed by atoms with Crippen LogP contribution in [0.1, 0.15) is 38.5 Å². The van der Waals surface area contributed by atoms with E-state index < -0.39 is 0 Å². The number of likely N-dealkylation sites (N-methyl/N-ethyl adjacent to an activating group) is 1. The fourth-order valence-corrected chi connectivity index (χ4v) is 4.61. The van der Waals surface area contributed by atoms with E-state index in [2.05, 4.69) is 11.3 Å². The van der Waals surface area contributed by atoms with Crippen molar-refractivity contribution < 1.29 is 4.79 Å². The molecule has 2 heterocycles. The molecule has 0 N–H and O–H groups in total. The number of hydrogen-bond acceptors (Lipinski definition) is 2. The third kappa shape index (κ3) is 2.34. The van der Waals surface area contributed by atoms with E-state index in [1.165, 1.54) is 32.1 Å². The first-order valence-corrected chi connectivity index (χ1v) is 7.83. The summed E-state index contributed by atoms with van der Waals surface area (Å²) in [5.41, 5.74) is 0. The van der Waals surface area contributed by atoms with E-state index in [0.717, 1.165) is 25.4 Å². The minimum absolute atomic E-state index is 0.371. The SMILES string of the molecule is C=BN1CC2C3CCCCCC3CC(=O)N(C)C2C1. The third-order valence-electron chi connectivity index (χ3n) is 5.71. The summed E-state index contributed by atoms with van der Waals surface area (Å²) in [7, 11) is 3.97. The second kappa shape index (κ2) is 5.30. The van der Waals surface area contributed by atoms with Gasteiger partial charge in [-0.1, -0.05) is 0 Å². The molecule has 0 aromatic heterocycles. The second-order valence-electron chi connectivity index (χ2n) is 6.64. The van der Waals surface area contributed by atoms with Gasteiger partial charge in [0.05, 0.1) is 0 Å². The molecule has 0 radical (unpaired) electrons. The molecule has 4 unspecified atom stereocenters. The van der Waals surface area contributed by atoms with Gasteiger partial charge in [-0.25, -0.2) is 0 Å². The maximum absolute atomic E-state index is 12.4. The van der Waals surface area contributed by atoms with Gasteiger partial charge in [0.15, 0.2) is 0 Å². The molecule has 4 atom stereocenters. The second-order valence-corrected chi connectivity index (χ2v) is 6.64. The van der Waals surface area contributed by atoms with Crippen LogP contribution in [0.3, 0.4) is 0 Å². The molecule has 104 valence electrons. The molecule has 2 aliphatic heterocycles. The van der Waals surface area contributed by atoms with E-state index in [-0.39, 0.29) is 0 Å². The van der Waals surface area contributed by atoms with E-state index in [1.807, 2.05) is 19.0 Å². The fraction of sp³-hybridized carbons (Fsp3) is 0.867. The van der Waals surface area contributed by atoms with E-state index in [4.69, 9.17) is 0 Å². The quantitative estimate of drug-likeness (QED) is 0.665. The number of likely N-dealkylation sites (tertiary alicyclic amines) is 1. The van der Waals surface area contributed by atoms with Crippen LogP contribution < -0.4 is 0 Å². The zero-order valence-corrected chi connectivity index (χ0v) is 12.1. The van der Waals surface area contributed by atoms with Gasteiger partial charge in [0.1, 0.15) is 0 Å². The van der Waals surface area contributed by atoms with E-state index in [9.17, 15) is 4.79 Å². The molecular formula is C15H25BN2O. The molecule has 1 saturated carbocycles. The number of fused-ring (bicyclic) bond motifs is 3. The molecule has 3 rings (SSSR count). The summed E-state index contributed by atoms with van der Waals surface area (Å²) in [6, 6.07) is 0.415. The normalized spacial score (nSPS) is 39.1. The Hall–Kier alpha value is -0.795. The van der Waals surface area contributed by atoms with Gasteiger partial charge in [0.2, 0.25) is 0 Å². The molecule has 0 aromatic rings. The summed E-state index contributed by atoms with van der Waals surface area (Å²) in [6.45, 7) is 6.00. The molecule has 19 heavy (non-hydrogen) atoms. The maximum atomic E-state index is 12.4. The van der Waals surface area contributed by atoms with Gasteiger partial charge >= 0.3 is 116 Å². The monoisotopic (exact) mass is 260 g/mol. The van der Waals surface area contributed by atoms with Crippen LogP contribution in [0.25, 0.3) is 0 Å². The van der Waals surface area contributed by atoms with Gasteiger partial charge < -0.3 is 0 Å². The molecule has 0 aromatic carbocycles. The number of hydrogen-bond donors (Lipinski definition) is 0. The molecule has 3 nitrogen and oxygen atoms in total. The van der Waals surface area contributed by atoms with Crippen LogP contribution in [0.2, 0.25) is 0 Å². The van der Waals surface area contributed by atoms with Crippen molar-refractivity contribution >= 4 is 19.4 Å². The predicted octanol–water partition coefficient (Wildman–Crippen LogP) is 1.40. The summed E-state index contributed by atoms with van der Waals surface area (Å²) >= 11 is 0. The predicted molar refractivity (Wildman–Crippen MR) is 79.2 cm³/mol. The number of nitrogens with zero attached hydrogens (tertiary/aromatic N) is 2. The zero-order valence-electron chi connectivity index (χ0n) is 12.1. The summed E-state index contributed by atoms with van der Waals surface area (Å²) < 4.78 is 0. The third-order valence-corrected chi connectivity index (χ3v) is 5.71. The fourth-order valence-electron chi connectivity index (χ4n) is 4.61. The molecule has 3 aliphatic rings. The molecule has 1 aliphatic carbocycles. The molecule has 0 spiro atoms. The van der Waals surface area contributed by atoms with Gasteiger partial charge in [0.25, 0.3) is 0 Å². The van der Waals surface area contributed by atoms with E-state index in [1.54, 1.807) is 0 Å². The van der Waals surface area contributed by atoms with Crippen LogP contribution >= 0.6 is 0 Å². The van der Waals surface area contributed by atoms with Gasteiger partial charge in [-0.05, 0) is 0 Å². The molecule has 1 amide bonds. The van der Waals surface area contributed by atoms with Crippen molar-refractivity contribution in [2.45, 2.75) is 44.6 Å². The first-order chi connectivity index (χ1) is 9.20. The minimum atomic E-state index is 0.371. The molecule has 0 bridgehead atoms. The summed E-state index contributed by atoms with van der Waals surface area (Å²) in [5, 5.41) is 0. The van der Waals surface area contributed by atoms with Crippen LogP contribution in [0.15, 0.2) is 0 Å².